The smallest absolute Gasteiger partial charge is 0.303 e. The SMILES string of the molecule is COc1ccc([C@@H]2Sc3cc(Cl)ccc3N(CCCN3CCN(c4ccccc4OC)CC3)C(=O)[C@@H]2OC(C)=O)cc1.Cl. The molecule has 0 aromatic heterocycles. The number of hydrogen-bond acceptors (Lipinski definition) is 8. The number of rotatable bonds is 9. The van der Waals surface area contributed by atoms with Crippen molar-refractivity contribution in [1.82, 2.24) is 4.90 Å². The number of nitrogens with zero attached hydrogens (tertiary/aromatic N) is 3. The third kappa shape index (κ3) is 7.70. The molecule has 0 bridgehead atoms. The van der Waals surface area contributed by atoms with E-state index in [0.29, 0.717) is 17.3 Å². The van der Waals surface area contributed by atoms with Gasteiger partial charge in [0.05, 0.1) is 30.8 Å². The molecule has 5 rings (SSSR count). The Hall–Kier alpha value is -3.11. The van der Waals surface area contributed by atoms with E-state index in [0.717, 1.165) is 66.7 Å². The maximum Gasteiger partial charge on any atom is 0.303 e. The van der Waals surface area contributed by atoms with Gasteiger partial charge in [0.1, 0.15) is 11.5 Å². The molecule has 43 heavy (non-hydrogen) atoms. The zero-order chi connectivity index (χ0) is 29.6. The van der Waals surface area contributed by atoms with Crippen LogP contribution in [0.15, 0.2) is 71.6 Å². The molecule has 2 aliphatic heterocycles. The highest BCUT2D eigenvalue weighted by Crippen LogP contribution is 2.47. The van der Waals surface area contributed by atoms with Gasteiger partial charge in [0.2, 0.25) is 0 Å². The number of piperazine rings is 1. The molecule has 3 aromatic rings. The lowest BCUT2D eigenvalue weighted by atomic mass is 10.1. The molecular formula is C32H37Cl2N3O5S. The van der Waals surface area contributed by atoms with Crippen molar-refractivity contribution in [3.05, 3.63) is 77.3 Å². The number of hydrogen-bond donors (Lipinski definition) is 0. The first-order valence-electron chi connectivity index (χ1n) is 14.1. The van der Waals surface area contributed by atoms with Gasteiger partial charge in [-0.3, -0.25) is 14.5 Å². The number of benzene rings is 3. The second kappa shape index (κ2) is 15.1. The molecule has 2 aliphatic rings. The molecule has 11 heteroatoms. The first kappa shape index (κ1) is 32.8. The normalized spacial score (nSPS) is 18.7. The topological polar surface area (TPSA) is 71.6 Å². The number of anilines is 2. The summed E-state index contributed by atoms with van der Waals surface area (Å²) in [6.07, 6.45) is -0.218. The van der Waals surface area contributed by atoms with Gasteiger partial charge >= 0.3 is 5.97 Å². The molecule has 3 aromatic carbocycles. The van der Waals surface area contributed by atoms with E-state index in [1.807, 2.05) is 54.6 Å². The van der Waals surface area contributed by atoms with Gasteiger partial charge in [-0.2, -0.15) is 0 Å². The quantitative estimate of drug-likeness (QED) is 0.259. The minimum atomic E-state index is -0.989. The van der Waals surface area contributed by atoms with Gasteiger partial charge in [0.15, 0.2) is 6.10 Å². The van der Waals surface area contributed by atoms with E-state index < -0.39 is 17.3 Å². The highest BCUT2D eigenvalue weighted by Gasteiger charge is 2.41. The molecule has 0 unspecified atom stereocenters. The molecular weight excluding hydrogens is 609 g/mol. The van der Waals surface area contributed by atoms with Crippen LogP contribution in [0.25, 0.3) is 0 Å². The number of methoxy groups -OCH3 is 2. The number of halogens is 2. The number of carbonyl (C=O) groups excluding carboxylic acids is 2. The van der Waals surface area contributed by atoms with Crippen LogP contribution in [0.4, 0.5) is 11.4 Å². The third-order valence-corrected chi connectivity index (χ3v) is 9.23. The number of ether oxygens (including phenoxy) is 3. The summed E-state index contributed by atoms with van der Waals surface area (Å²) in [7, 11) is 3.31. The number of carbonyl (C=O) groups is 2. The van der Waals surface area contributed by atoms with Crippen molar-refractivity contribution in [2.75, 3.05) is 63.3 Å². The Balaban J connectivity index is 0.00000423. The predicted octanol–water partition coefficient (Wildman–Crippen LogP) is 6.10. The van der Waals surface area contributed by atoms with Gasteiger partial charge in [-0.05, 0) is 61.0 Å². The van der Waals surface area contributed by atoms with Gasteiger partial charge in [-0.15, -0.1) is 24.2 Å². The van der Waals surface area contributed by atoms with Crippen LogP contribution in [-0.2, 0) is 14.3 Å². The summed E-state index contributed by atoms with van der Waals surface area (Å²) in [5, 5.41) is 0.138. The van der Waals surface area contributed by atoms with Crippen molar-refractivity contribution < 1.29 is 23.8 Å². The van der Waals surface area contributed by atoms with Gasteiger partial charge < -0.3 is 24.0 Å². The number of fused-ring (bicyclic) bond motifs is 1. The zero-order valence-electron chi connectivity index (χ0n) is 24.5. The molecule has 0 radical (unpaired) electrons. The largest absolute Gasteiger partial charge is 0.497 e. The van der Waals surface area contributed by atoms with E-state index in [-0.39, 0.29) is 18.3 Å². The fourth-order valence-electron chi connectivity index (χ4n) is 5.52. The number of thioether (sulfide) groups is 1. The lowest BCUT2D eigenvalue weighted by Crippen LogP contribution is -2.48. The van der Waals surface area contributed by atoms with Crippen molar-refractivity contribution in [3.63, 3.8) is 0 Å². The first-order chi connectivity index (χ1) is 20.4. The van der Waals surface area contributed by atoms with Crippen LogP contribution in [-0.4, -0.2) is 76.4 Å². The van der Waals surface area contributed by atoms with Crippen LogP contribution in [0.1, 0.15) is 24.2 Å². The van der Waals surface area contributed by atoms with Crippen LogP contribution in [0.3, 0.4) is 0 Å². The maximum atomic E-state index is 14.1. The molecule has 0 N–H and O–H groups in total. The zero-order valence-corrected chi connectivity index (χ0v) is 26.9. The molecule has 230 valence electrons. The summed E-state index contributed by atoms with van der Waals surface area (Å²) in [5.41, 5.74) is 2.76. The van der Waals surface area contributed by atoms with Crippen molar-refractivity contribution in [2.45, 2.75) is 29.6 Å². The fraction of sp³-hybridized carbons (Fsp3) is 0.375. The van der Waals surface area contributed by atoms with Gasteiger partial charge in [-0.1, -0.05) is 35.9 Å². The van der Waals surface area contributed by atoms with Gasteiger partial charge in [0.25, 0.3) is 5.91 Å². The van der Waals surface area contributed by atoms with Crippen LogP contribution >= 0.6 is 35.8 Å². The third-order valence-electron chi connectivity index (χ3n) is 7.64. The Bertz CT molecular complexity index is 1400. The average molecular weight is 647 g/mol. The summed E-state index contributed by atoms with van der Waals surface area (Å²) in [4.78, 5) is 33.8. The second-order valence-electron chi connectivity index (χ2n) is 10.3. The molecule has 8 nitrogen and oxygen atoms in total. The van der Waals surface area contributed by atoms with E-state index in [1.165, 1.54) is 18.7 Å². The summed E-state index contributed by atoms with van der Waals surface area (Å²) < 4.78 is 16.6. The monoisotopic (exact) mass is 645 g/mol. The van der Waals surface area contributed by atoms with Gasteiger partial charge in [-0.25, -0.2) is 0 Å². The summed E-state index contributed by atoms with van der Waals surface area (Å²) in [6.45, 7) is 6.33. The molecule has 2 heterocycles. The highest BCUT2D eigenvalue weighted by molar-refractivity contribution is 7.99. The average Bonchev–Trinajstić information content (AvgIpc) is 3.11. The van der Waals surface area contributed by atoms with Crippen molar-refractivity contribution in [2.24, 2.45) is 0 Å². The Morgan fingerprint density at radius 1 is 0.930 bits per heavy atom. The standard InChI is InChI=1S/C32H36ClN3O5S.ClH/c1-22(37)41-30-31(23-9-12-25(39-2)13-10-23)42-29-21-24(33)11-14-27(29)36(32(30)38)16-6-15-34-17-19-35(20-18-34)26-7-4-5-8-28(26)40-3;/h4-5,7-14,21,30-31H,6,15-20H2,1-3H3;1H/t30-,31+;/m1./s1. The number of esters is 1. The molecule has 1 amide bonds. The van der Waals surface area contributed by atoms with E-state index >= 15 is 0 Å². The minimum absolute atomic E-state index is 0. The van der Waals surface area contributed by atoms with Crippen LogP contribution < -0.4 is 19.3 Å². The fourth-order valence-corrected chi connectivity index (χ4v) is 7.11. The van der Waals surface area contributed by atoms with E-state index in [1.54, 1.807) is 25.2 Å². The van der Waals surface area contributed by atoms with E-state index in [9.17, 15) is 9.59 Å². The van der Waals surface area contributed by atoms with Crippen LogP contribution in [0.5, 0.6) is 11.5 Å². The Labute approximate surface area is 268 Å². The van der Waals surface area contributed by atoms with Crippen molar-refractivity contribution >= 4 is 59.0 Å². The molecule has 0 saturated carbocycles. The molecule has 1 fully saturated rings. The Kier molecular flexibility index (Phi) is 11.5. The van der Waals surface area contributed by atoms with E-state index in [4.69, 9.17) is 25.8 Å². The summed E-state index contributed by atoms with van der Waals surface area (Å²) in [5.74, 6) is 0.865. The predicted molar refractivity (Wildman–Crippen MR) is 174 cm³/mol. The van der Waals surface area contributed by atoms with Crippen LogP contribution in [0, 0.1) is 0 Å². The summed E-state index contributed by atoms with van der Waals surface area (Å²) >= 11 is 7.90. The Morgan fingerprint density at radius 3 is 2.33 bits per heavy atom. The van der Waals surface area contributed by atoms with Crippen LogP contribution in [0.2, 0.25) is 5.02 Å². The summed E-state index contributed by atoms with van der Waals surface area (Å²) in [6, 6.07) is 21.2. The Morgan fingerprint density at radius 2 is 1.65 bits per heavy atom. The highest BCUT2D eigenvalue weighted by atomic mass is 35.5. The molecule has 2 atom stereocenters. The molecule has 0 spiro atoms. The molecule has 1 saturated heterocycles. The molecule has 0 aliphatic carbocycles. The second-order valence-corrected chi connectivity index (χ2v) is 11.9. The first-order valence-corrected chi connectivity index (χ1v) is 15.3. The van der Waals surface area contributed by atoms with Crippen molar-refractivity contribution in [1.29, 1.82) is 0 Å². The maximum absolute atomic E-state index is 14.1. The number of para-hydroxylation sites is 2. The lowest BCUT2D eigenvalue weighted by molar-refractivity contribution is -0.152. The lowest BCUT2D eigenvalue weighted by Gasteiger charge is -2.37. The van der Waals surface area contributed by atoms with E-state index in [2.05, 4.69) is 15.9 Å². The van der Waals surface area contributed by atoms with Crippen molar-refractivity contribution in [3.8, 4) is 11.5 Å². The number of amides is 1. The van der Waals surface area contributed by atoms with Gasteiger partial charge in [0, 0.05) is 49.6 Å². The minimum Gasteiger partial charge on any atom is -0.497 e.